The third-order valence-electron chi connectivity index (χ3n) is 4.25. The predicted octanol–water partition coefficient (Wildman–Crippen LogP) is 4.69. The Morgan fingerprint density at radius 1 is 1.17 bits per heavy atom. The first-order chi connectivity index (χ1) is 11.3. The number of thiophene rings is 1. The lowest BCUT2D eigenvalue weighted by Crippen LogP contribution is -2.18. The number of rotatable bonds is 4. The molecule has 1 aliphatic heterocycles. The molecule has 0 unspecified atom stereocenters. The average Bonchev–Trinajstić information content (AvgIpc) is 3.24. The van der Waals surface area contributed by atoms with Crippen LogP contribution in [0.5, 0.6) is 0 Å². The number of hydrogen-bond donors (Lipinski definition) is 0. The first-order valence-electron chi connectivity index (χ1n) is 8.05. The van der Waals surface area contributed by atoms with E-state index in [9.17, 15) is 0 Å². The van der Waals surface area contributed by atoms with Crippen LogP contribution >= 0.6 is 11.3 Å². The second kappa shape index (κ2) is 6.13. The topological polar surface area (TPSA) is 29.0 Å². The molecule has 0 aromatic carbocycles. The molecule has 4 rings (SSSR count). The highest BCUT2D eigenvalue weighted by atomic mass is 32.1. The van der Waals surface area contributed by atoms with Crippen LogP contribution in [-0.4, -0.2) is 23.1 Å². The fourth-order valence-electron chi connectivity index (χ4n) is 3.04. The van der Waals surface area contributed by atoms with E-state index in [4.69, 9.17) is 4.98 Å². The van der Waals surface area contributed by atoms with Gasteiger partial charge in [0.2, 0.25) is 0 Å². The molecular weight excluding hydrogens is 302 g/mol. The van der Waals surface area contributed by atoms with Crippen LogP contribution in [0.4, 0.5) is 5.82 Å². The van der Waals surface area contributed by atoms with E-state index in [-0.39, 0.29) is 0 Å². The van der Waals surface area contributed by atoms with Gasteiger partial charge >= 0.3 is 0 Å². The second-order valence-corrected chi connectivity index (χ2v) is 7.01. The van der Waals surface area contributed by atoms with Crippen molar-refractivity contribution in [2.75, 3.05) is 18.0 Å². The molecule has 3 aromatic heterocycles. The number of pyridine rings is 2. The van der Waals surface area contributed by atoms with E-state index >= 15 is 0 Å². The first kappa shape index (κ1) is 14.4. The Morgan fingerprint density at radius 3 is 2.78 bits per heavy atom. The number of nitrogens with zero attached hydrogens (tertiary/aromatic N) is 3. The number of aromatic nitrogens is 2. The van der Waals surface area contributed by atoms with Crippen molar-refractivity contribution in [1.29, 1.82) is 0 Å². The van der Waals surface area contributed by atoms with E-state index in [2.05, 4.69) is 46.8 Å². The van der Waals surface area contributed by atoms with Gasteiger partial charge in [0.25, 0.3) is 0 Å². The van der Waals surface area contributed by atoms with Gasteiger partial charge in [0, 0.05) is 35.1 Å². The molecule has 1 fully saturated rings. The minimum absolute atomic E-state index is 0.905. The maximum Gasteiger partial charge on any atom is 0.128 e. The van der Waals surface area contributed by atoms with Gasteiger partial charge in [0.1, 0.15) is 10.6 Å². The molecule has 1 saturated heterocycles. The summed E-state index contributed by atoms with van der Waals surface area (Å²) < 4.78 is 0. The molecule has 0 N–H and O–H groups in total. The summed E-state index contributed by atoms with van der Waals surface area (Å²) >= 11 is 1.74. The van der Waals surface area contributed by atoms with Crippen molar-refractivity contribution in [3.63, 3.8) is 0 Å². The standard InChI is InChI=1S/C19H19N3S/c1-2-5-16-12-14-6-8-17(21-19(14)23-16)15-7-9-18(20-13-15)22-10-3-4-11-22/h2,6-9,12-13H,1,3-5,10-11H2. The molecule has 4 heterocycles. The Labute approximate surface area is 140 Å². The highest BCUT2D eigenvalue weighted by molar-refractivity contribution is 7.18. The van der Waals surface area contributed by atoms with Crippen LogP contribution in [0.3, 0.4) is 0 Å². The minimum atomic E-state index is 0.905. The molecule has 1 aliphatic rings. The zero-order valence-corrected chi connectivity index (χ0v) is 13.9. The number of fused-ring (bicyclic) bond motifs is 1. The zero-order chi connectivity index (χ0) is 15.6. The van der Waals surface area contributed by atoms with E-state index in [1.54, 1.807) is 11.3 Å². The van der Waals surface area contributed by atoms with Crippen molar-refractivity contribution in [2.24, 2.45) is 0 Å². The number of hydrogen-bond acceptors (Lipinski definition) is 4. The molecule has 0 bridgehead atoms. The third-order valence-corrected chi connectivity index (χ3v) is 5.32. The molecule has 3 aromatic rings. The summed E-state index contributed by atoms with van der Waals surface area (Å²) in [5.74, 6) is 1.08. The zero-order valence-electron chi connectivity index (χ0n) is 13.0. The lowest BCUT2D eigenvalue weighted by molar-refractivity contribution is 0.938. The van der Waals surface area contributed by atoms with Crippen molar-refractivity contribution < 1.29 is 0 Å². The molecule has 116 valence electrons. The van der Waals surface area contributed by atoms with Crippen LogP contribution in [0.25, 0.3) is 21.5 Å². The maximum absolute atomic E-state index is 4.81. The van der Waals surface area contributed by atoms with Gasteiger partial charge in [0.15, 0.2) is 0 Å². The summed E-state index contributed by atoms with van der Waals surface area (Å²) in [5.41, 5.74) is 2.07. The molecule has 0 amide bonds. The molecule has 0 spiro atoms. The Bertz CT molecular complexity index is 829. The fourth-order valence-corrected chi connectivity index (χ4v) is 4.07. The first-order valence-corrected chi connectivity index (χ1v) is 8.87. The predicted molar refractivity (Wildman–Crippen MR) is 98.2 cm³/mol. The van der Waals surface area contributed by atoms with Gasteiger partial charge in [-0.15, -0.1) is 17.9 Å². The van der Waals surface area contributed by atoms with Gasteiger partial charge in [0.05, 0.1) is 5.69 Å². The Kier molecular flexibility index (Phi) is 3.83. The molecule has 0 saturated carbocycles. The van der Waals surface area contributed by atoms with E-state index in [1.807, 2.05) is 12.3 Å². The summed E-state index contributed by atoms with van der Waals surface area (Å²) in [7, 11) is 0. The van der Waals surface area contributed by atoms with E-state index in [1.165, 1.54) is 23.1 Å². The number of allylic oxidation sites excluding steroid dienone is 1. The molecule has 0 atom stereocenters. The molecule has 0 radical (unpaired) electrons. The lowest BCUT2D eigenvalue weighted by Gasteiger charge is -2.16. The third kappa shape index (κ3) is 2.86. The largest absolute Gasteiger partial charge is 0.357 e. The summed E-state index contributed by atoms with van der Waals surface area (Å²) in [6.07, 6.45) is 7.33. The minimum Gasteiger partial charge on any atom is -0.357 e. The van der Waals surface area contributed by atoms with Gasteiger partial charge in [-0.1, -0.05) is 6.08 Å². The van der Waals surface area contributed by atoms with Crippen LogP contribution in [0.2, 0.25) is 0 Å². The molecule has 23 heavy (non-hydrogen) atoms. The second-order valence-electron chi connectivity index (χ2n) is 5.90. The van der Waals surface area contributed by atoms with Gasteiger partial charge in [-0.2, -0.15) is 0 Å². The van der Waals surface area contributed by atoms with Crippen molar-refractivity contribution in [3.8, 4) is 11.3 Å². The Balaban J connectivity index is 1.63. The maximum atomic E-state index is 4.81. The highest BCUT2D eigenvalue weighted by Gasteiger charge is 2.13. The van der Waals surface area contributed by atoms with Crippen LogP contribution in [-0.2, 0) is 6.42 Å². The smallest absolute Gasteiger partial charge is 0.128 e. The Hall–Kier alpha value is -2.20. The van der Waals surface area contributed by atoms with Crippen molar-refractivity contribution in [3.05, 3.63) is 54.1 Å². The van der Waals surface area contributed by atoms with Gasteiger partial charge in [-0.05, 0) is 49.6 Å². The van der Waals surface area contributed by atoms with E-state index in [0.29, 0.717) is 0 Å². The highest BCUT2D eigenvalue weighted by Crippen LogP contribution is 2.28. The molecular formula is C19H19N3S. The molecule has 4 heteroatoms. The van der Waals surface area contributed by atoms with Crippen molar-refractivity contribution in [1.82, 2.24) is 9.97 Å². The van der Waals surface area contributed by atoms with Gasteiger partial charge in [-0.3, -0.25) is 0 Å². The van der Waals surface area contributed by atoms with E-state index < -0.39 is 0 Å². The Morgan fingerprint density at radius 2 is 2.04 bits per heavy atom. The summed E-state index contributed by atoms with van der Waals surface area (Å²) in [6, 6.07) is 10.7. The quantitative estimate of drug-likeness (QED) is 0.653. The summed E-state index contributed by atoms with van der Waals surface area (Å²) in [5, 5.41) is 1.21. The van der Waals surface area contributed by atoms with Crippen molar-refractivity contribution in [2.45, 2.75) is 19.3 Å². The lowest BCUT2D eigenvalue weighted by atomic mass is 10.1. The fraction of sp³-hybridized carbons (Fsp3) is 0.263. The van der Waals surface area contributed by atoms with Gasteiger partial charge in [-0.25, -0.2) is 9.97 Å². The van der Waals surface area contributed by atoms with Crippen LogP contribution in [0.1, 0.15) is 17.7 Å². The van der Waals surface area contributed by atoms with Gasteiger partial charge < -0.3 is 4.90 Å². The van der Waals surface area contributed by atoms with Crippen LogP contribution in [0.15, 0.2) is 49.2 Å². The monoisotopic (exact) mass is 321 g/mol. The normalized spacial score (nSPS) is 14.5. The van der Waals surface area contributed by atoms with Crippen LogP contribution in [0, 0.1) is 0 Å². The molecule has 3 nitrogen and oxygen atoms in total. The molecule has 0 aliphatic carbocycles. The van der Waals surface area contributed by atoms with Crippen LogP contribution < -0.4 is 4.90 Å². The van der Waals surface area contributed by atoms with E-state index in [0.717, 1.165) is 41.4 Å². The van der Waals surface area contributed by atoms with Crippen molar-refractivity contribution >= 4 is 27.4 Å². The summed E-state index contributed by atoms with van der Waals surface area (Å²) in [4.78, 5) is 14.2. The number of anilines is 1. The SMILES string of the molecule is C=CCc1cc2ccc(-c3ccc(N4CCCC4)nc3)nc2s1. The average molecular weight is 321 g/mol. The summed E-state index contributed by atoms with van der Waals surface area (Å²) in [6.45, 7) is 6.05.